The van der Waals surface area contributed by atoms with Crippen LogP contribution in [0.2, 0.25) is 0 Å². The van der Waals surface area contributed by atoms with Crippen molar-refractivity contribution in [1.29, 1.82) is 0 Å². The summed E-state index contributed by atoms with van der Waals surface area (Å²) in [5.74, 6) is 0.870. The molecule has 0 aromatic heterocycles. The third-order valence-corrected chi connectivity index (χ3v) is 9.22. The molecule has 0 amide bonds. The van der Waals surface area contributed by atoms with E-state index in [1.165, 1.54) is 31.4 Å². The molecule has 1 saturated heterocycles. The molecule has 7 heteroatoms. The highest BCUT2D eigenvalue weighted by atomic mass is 16.8. The third-order valence-electron chi connectivity index (χ3n) is 9.22. The highest BCUT2D eigenvalue weighted by molar-refractivity contribution is 5.74. The molecule has 0 radical (unpaired) electrons. The van der Waals surface area contributed by atoms with Gasteiger partial charge in [0.2, 0.25) is 11.4 Å². The molecule has 2 aliphatic heterocycles. The molecule has 3 aliphatic rings. The minimum Gasteiger partial charge on any atom is -0.369 e. The van der Waals surface area contributed by atoms with Crippen molar-refractivity contribution in [2.75, 3.05) is 31.1 Å². The van der Waals surface area contributed by atoms with Crippen LogP contribution >= 0.6 is 0 Å². The summed E-state index contributed by atoms with van der Waals surface area (Å²) >= 11 is 0. The first kappa shape index (κ1) is 26.7. The number of nitrogens with zero attached hydrogens (tertiary/aromatic N) is 5. The highest BCUT2D eigenvalue weighted by Crippen LogP contribution is 2.47. The molecule has 1 aliphatic carbocycles. The lowest BCUT2D eigenvalue weighted by Gasteiger charge is -2.44. The van der Waals surface area contributed by atoms with Crippen LogP contribution in [0.5, 0.6) is 0 Å². The van der Waals surface area contributed by atoms with Gasteiger partial charge in [0.1, 0.15) is 0 Å². The van der Waals surface area contributed by atoms with E-state index in [-0.39, 0.29) is 0 Å². The zero-order chi connectivity index (χ0) is 27.7. The van der Waals surface area contributed by atoms with Crippen molar-refractivity contribution < 1.29 is 9.63 Å². The van der Waals surface area contributed by atoms with Crippen molar-refractivity contribution in [3.05, 3.63) is 72.8 Å². The number of quaternary nitrogens is 1. The Labute approximate surface area is 237 Å². The fraction of sp³-hybridized carbons (Fsp3) is 0.424. The summed E-state index contributed by atoms with van der Waals surface area (Å²) in [7, 11) is 0. The molecule has 0 N–H and O–H groups in total. The Bertz CT molecular complexity index is 1350. The Kier molecular flexibility index (Phi) is 7.19. The first-order valence-corrected chi connectivity index (χ1v) is 14.6. The van der Waals surface area contributed by atoms with E-state index < -0.39 is 4.76 Å². The molecule has 2 heterocycles. The maximum absolute atomic E-state index is 11.4. The SMILES string of the molecule is CC(C)(C)C1CCC(N2CCN(c3ccc(-c4ccc([N+]5(OC=O)N=Nc6ccccc65)cc4)cc3)CC2)CC1. The number of hydrogen-bond donors (Lipinski definition) is 0. The van der Waals surface area contributed by atoms with Gasteiger partial charge in [-0.3, -0.25) is 4.90 Å². The van der Waals surface area contributed by atoms with E-state index in [9.17, 15) is 4.79 Å². The number of hydrogen-bond acceptors (Lipinski definition) is 6. The maximum atomic E-state index is 11.4. The van der Waals surface area contributed by atoms with Gasteiger partial charge in [0.05, 0.1) is 9.98 Å². The van der Waals surface area contributed by atoms with Crippen LogP contribution in [0.1, 0.15) is 46.5 Å². The van der Waals surface area contributed by atoms with E-state index in [1.54, 1.807) is 0 Å². The molecular weight excluding hydrogens is 498 g/mol. The van der Waals surface area contributed by atoms with Gasteiger partial charge in [0, 0.05) is 56.1 Å². The van der Waals surface area contributed by atoms with Crippen LogP contribution in [0, 0.1) is 11.3 Å². The first-order chi connectivity index (χ1) is 19.4. The van der Waals surface area contributed by atoms with Crippen LogP contribution in [-0.2, 0) is 9.63 Å². The Morgan fingerprint density at radius 2 is 1.45 bits per heavy atom. The molecule has 0 bridgehead atoms. The molecular formula is C33H40N5O2+. The smallest absolute Gasteiger partial charge is 0.360 e. The van der Waals surface area contributed by atoms with Gasteiger partial charge in [-0.05, 0) is 78.5 Å². The minimum absolute atomic E-state index is 0.414. The largest absolute Gasteiger partial charge is 0.369 e. The van der Waals surface area contributed by atoms with E-state index in [1.807, 2.05) is 48.5 Å². The number of carbonyl (C=O) groups excluding carboxylic acids is 1. The summed E-state index contributed by atoms with van der Waals surface area (Å²) in [5, 5.41) is 8.54. The molecule has 1 atom stereocenters. The predicted molar refractivity (Wildman–Crippen MR) is 160 cm³/mol. The number of para-hydroxylation sites is 1. The van der Waals surface area contributed by atoms with Gasteiger partial charge in [-0.25, -0.2) is 9.63 Å². The zero-order valence-electron chi connectivity index (χ0n) is 23.9. The van der Waals surface area contributed by atoms with Crippen LogP contribution in [0.4, 0.5) is 22.7 Å². The van der Waals surface area contributed by atoms with Crippen LogP contribution < -0.4 is 9.66 Å². The topological polar surface area (TPSA) is 57.5 Å². The first-order valence-electron chi connectivity index (χ1n) is 14.6. The third kappa shape index (κ3) is 5.04. The van der Waals surface area contributed by atoms with Gasteiger partial charge in [-0.2, -0.15) is 0 Å². The van der Waals surface area contributed by atoms with E-state index >= 15 is 0 Å². The molecule has 1 saturated carbocycles. The summed E-state index contributed by atoms with van der Waals surface area (Å²) < 4.78 is -0.414. The normalized spacial score (nSPS) is 25.0. The molecule has 3 aromatic rings. The number of carbonyl (C=O) groups is 1. The van der Waals surface area contributed by atoms with Crippen molar-refractivity contribution in [3.8, 4) is 11.1 Å². The summed E-state index contributed by atoms with van der Waals surface area (Å²) in [4.78, 5) is 22.1. The average molecular weight is 539 g/mol. The molecule has 7 nitrogen and oxygen atoms in total. The van der Waals surface area contributed by atoms with Crippen molar-refractivity contribution >= 4 is 29.2 Å². The molecule has 40 heavy (non-hydrogen) atoms. The second-order valence-corrected chi connectivity index (χ2v) is 12.4. The van der Waals surface area contributed by atoms with Gasteiger partial charge in [-0.1, -0.05) is 50.2 Å². The monoisotopic (exact) mass is 538 g/mol. The summed E-state index contributed by atoms with van der Waals surface area (Å²) in [6.45, 7) is 12.1. The quantitative estimate of drug-likeness (QED) is 0.237. The summed E-state index contributed by atoms with van der Waals surface area (Å²) in [6, 6.07) is 25.1. The van der Waals surface area contributed by atoms with Gasteiger partial charge < -0.3 is 4.90 Å². The maximum Gasteiger partial charge on any atom is 0.360 e. The zero-order valence-corrected chi connectivity index (χ0v) is 23.9. The van der Waals surface area contributed by atoms with Crippen molar-refractivity contribution in [1.82, 2.24) is 9.66 Å². The van der Waals surface area contributed by atoms with Crippen LogP contribution in [0.25, 0.3) is 11.1 Å². The Balaban J connectivity index is 1.09. The van der Waals surface area contributed by atoms with Crippen LogP contribution in [0.15, 0.2) is 83.1 Å². The Morgan fingerprint density at radius 1 is 0.825 bits per heavy atom. The summed E-state index contributed by atoms with van der Waals surface area (Å²) in [5.41, 5.74) is 6.09. The number of rotatable bonds is 6. The summed E-state index contributed by atoms with van der Waals surface area (Å²) in [6.07, 6.45) is 5.45. The van der Waals surface area contributed by atoms with Gasteiger partial charge in [0.25, 0.3) is 0 Å². The molecule has 1 unspecified atom stereocenters. The van der Waals surface area contributed by atoms with Gasteiger partial charge in [0.15, 0.2) is 5.69 Å². The van der Waals surface area contributed by atoms with Crippen LogP contribution in [0.3, 0.4) is 0 Å². The fourth-order valence-corrected chi connectivity index (χ4v) is 6.73. The lowest BCUT2D eigenvalue weighted by molar-refractivity contribution is -0.156. The Morgan fingerprint density at radius 3 is 2.08 bits per heavy atom. The number of piperazine rings is 1. The molecule has 208 valence electrons. The lowest BCUT2D eigenvalue weighted by atomic mass is 9.71. The van der Waals surface area contributed by atoms with Gasteiger partial charge >= 0.3 is 6.47 Å². The highest BCUT2D eigenvalue weighted by Gasteiger charge is 2.45. The van der Waals surface area contributed by atoms with Crippen molar-refractivity contribution in [2.45, 2.75) is 52.5 Å². The van der Waals surface area contributed by atoms with Crippen LogP contribution in [-0.4, -0.2) is 43.6 Å². The Hall–Kier alpha value is -3.55. The number of benzene rings is 3. The van der Waals surface area contributed by atoms with E-state index in [0.29, 0.717) is 28.9 Å². The second kappa shape index (κ2) is 10.8. The average Bonchev–Trinajstić information content (AvgIpc) is 3.37. The standard InChI is InChI=1S/C33H40N5O2/c1-33(2,3)27-12-16-29(17-13-27)37-22-20-36(21-23-37)28-14-8-25(9-15-28)26-10-18-30(19-11-26)38(40-24-39)32-7-5-4-6-31(32)34-35-38/h4-11,14-15,18-19,24,27,29H,12-13,16-17,20-23H2,1-3H3/q+1. The number of fused-ring (bicyclic) bond motifs is 1. The fourth-order valence-electron chi connectivity index (χ4n) is 6.73. The van der Waals surface area contributed by atoms with Crippen molar-refractivity contribution in [3.63, 3.8) is 0 Å². The molecule has 2 fully saturated rings. The van der Waals surface area contributed by atoms with Crippen molar-refractivity contribution in [2.24, 2.45) is 21.7 Å². The number of anilines is 1. The molecule has 3 aromatic carbocycles. The predicted octanol–water partition coefficient (Wildman–Crippen LogP) is 7.82. The van der Waals surface area contributed by atoms with E-state index in [4.69, 9.17) is 4.84 Å². The van der Waals surface area contributed by atoms with Gasteiger partial charge in [-0.15, -0.1) is 0 Å². The molecule has 0 spiro atoms. The lowest BCUT2D eigenvalue weighted by Crippen LogP contribution is -2.51. The molecule has 6 rings (SSSR count). The van der Waals surface area contributed by atoms with E-state index in [0.717, 1.165) is 49.3 Å². The minimum atomic E-state index is -0.414. The second-order valence-electron chi connectivity index (χ2n) is 12.4. The van der Waals surface area contributed by atoms with E-state index in [2.05, 4.69) is 65.2 Å².